The number of nitrogens with one attached hydrogen (secondary N) is 1. The molecule has 1 saturated heterocycles. The summed E-state index contributed by atoms with van der Waals surface area (Å²) in [4.78, 5) is 14.4. The number of nitrogens with zero attached hydrogens (tertiary/aromatic N) is 3. The molecule has 106 valence electrons. The van der Waals surface area contributed by atoms with Gasteiger partial charge >= 0.3 is 0 Å². The number of piperazine rings is 1. The van der Waals surface area contributed by atoms with Gasteiger partial charge in [0.25, 0.3) is 0 Å². The molecule has 1 aromatic heterocycles. The fourth-order valence-corrected chi connectivity index (χ4v) is 2.78. The number of carbonyl (C=O) groups excluding carboxylic acids is 1. The van der Waals surface area contributed by atoms with Crippen molar-refractivity contribution in [1.82, 2.24) is 20.0 Å². The van der Waals surface area contributed by atoms with Crippen molar-refractivity contribution in [2.45, 2.75) is 6.42 Å². The number of para-hydroxylation sites is 1. The quantitative estimate of drug-likeness (QED) is 0.885. The fourth-order valence-electron chi connectivity index (χ4n) is 2.78. The molecule has 1 N–H and O–H groups in total. The van der Waals surface area contributed by atoms with E-state index in [4.69, 9.17) is 0 Å². The van der Waals surface area contributed by atoms with Gasteiger partial charge < -0.3 is 5.32 Å². The highest BCUT2D eigenvalue weighted by Crippen LogP contribution is 2.18. The van der Waals surface area contributed by atoms with Crippen molar-refractivity contribution in [2.24, 2.45) is 7.05 Å². The zero-order valence-electron chi connectivity index (χ0n) is 11.8. The molecule has 0 amide bonds. The predicted molar refractivity (Wildman–Crippen MR) is 78.7 cm³/mol. The average Bonchev–Trinajstić information content (AvgIpc) is 2.77. The smallest absolute Gasteiger partial charge is 0.152 e. The van der Waals surface area contributed by atoms with Gasteiger partial charge in [-0.3, -0.25) is 14.4 Å². The number of hydrogen-bond donors (Lipinski definition) is 1. The lowest BCUT2D eigenvalue weighted by Gasteiger charge is -2.26. The molecule has 0 spiro atoms. The lowest BCUT2D eigenvalue weighted by atomic mass is 10.1. The number of carbonyl (C=O) groups is 1. The summed E-state index contributed by atoms with van der Waals surface area (Å²) in [6, 6.07) is 8.06. The standard InChI is InChI=1S/C15H20N4O/c1-18-15-5-3-2-4-13(15)14(17-18)10-12(20)11-19-8-6-16-7-9-19/h2-5,16H,6-11H2,1H3. The van der Waals surface area contributed by atoms with Gasteiger partial charge in [0.15, 0.2) is 5.78 Å². The van der Waals surface area contributed by atoms with E-state index < -0.39 is 0 Å². The van der Waals surface area contributed by atoms with E-state index in [9.17, 15) is 4.79 Å². The Kier molecular flexibility index (Phi) is 3.80. The first-order valence-electron chi connectivity index (χ1n) is 7.09. The van der Waals surface area contributed by atoms with Crippen LogP contribution in [0, 0.1) is 0 Å². The summed E-state index contributed by atoms with van der Waals surface area (Å²) in [6.45, 7) is 4.38. The van der Waals surface area contributed by atoms with Crippen molar-refractivity contribution in [2.75, 3.05) is 32.7 Å². The molecule has 2 heterocycles. The maximum atomic E-state index is 12.2. The van der Waals surface area contributed by atoms with Gasteiger partial charge in [-0.1, -0.05) is 18.2 Å². The molecule has 3 rings (SSSR count). The van der Waals surface area contributed by atoms with Crippen LogP contribution < -0.4 is 5.32 Å². The molecule has 1 aliphatic heterocycles. The third-order valence-electron chi connectivity index (χ3n) is 3.81. The monoisotopic (exact) mass is 272 g/mol. The summed E-state index contributed by atoms with van der Waals surface area (Å²) in [5.41, 5.74) is 1.97. The highest BCUT2D eigenvalue weighted by molar-refractivity contribution is 5.89. The van der Waals surface area contributed by atoms with Crippen molar-refractivity contribution < 1.29 is 4.79 Å². The van der Waals surface area contributed by atoms with Crippen LogP contribution in [0.15, 0.2) is 24.3 Å². The molecule has 0 aliphatic carbocycles. The Hall–Kier alpha value is -1.72. The Morgan fingerprint density at radius 3 is 2.85 bits per heavy atom. The van der Waals surface area contributed by atoms with Crippen LogP contribution in [-0.4, -0.2) is 53.2 Å². The predicted octanol–water partition coefficient (Wildman–Crippen LogP) is 0.590. The Bertz CT molecular complexity index is 613. The minimum atomic E-state index is 0.246. The van der Waals surface area contributed by atoms with Crippen molar-refractivity contribution in [3.8, 4) is 0 Å². The van der Waals surface area contributed by atoms with E-state index in [2.05, 4.69) is 15.3 Å². The topological polar surface area (TPSA) is 50.2 Å². The molecule has 2 aromatic rings. The molecular weight excluding hydrogens is 252 g/mol. The molecule has 0 radical (unpaired) electrons. The molecule has 0 saturated carbocycles. The summed E-state index contributed by atoms with van der Waals surface area (Å²) >= 11 is 0. The third-order valence-corrected chi connectivity index (χ3v) is 3.81. The highest BCUT2D eigenvalue weighted by Gasteiger charge is 2.16. The van der Waals surface area contributed by atoms with E-state index in [1.165, 1.54) is 0 Å². The zero-order valence-corrected chi connectivity index (χ0v) is 11.8. The average molecular weight is 272 g/mol. The van der Waals surface area contributed by atoms with Gasteiger partial charge in [0.1, 0.15) is 0 Å². The number of ketones is 1. The Labute approximate surface area is 118 Å². The van der Waals surface area contributed by atoms with Crippen LogP contribution in [0.3, 0.4) is 0 Å². The van der Waals surface area contributed by atoms with Gasteiger partial charge in [0.05, 0.1) is 24.2 Å². The van der Waals surface area contributed by atoms with E-state index in [0.29, 0.717) is 13.0 Å². The van der Waals surface area contributed by atoms with E-state index in [0.717, 1.165) is 42.8 Å². The molecule has 0 unspecified atom stereocenters. The molecule has 0 atom stereocenters. The first-order valence-corrected chi connectivity index (χ1v) is 7.09. The molecule has 1 aliphatic rings. The van der Waals surface area contributed by atoms with Crippen molar-refractivity contribution in [1.29, 1.82) is 0 Å². The van der Waals surface area contributed by atoms with Crippen LogP contribution in [0.5, 0.6) is 0 Å². The normalized spacial score (nSPS) is 16.6. The molecule has 1 aromatic carbocycles. The number of aryl methyl sites for hydroxylation is 1. The number of rotatable bonds is 4. The first-order chi connectivity index (χ1) is 9.74. The summed E-state index contributed by atoms with van der Waals surface area (Å²) in [5.74, 6) is 0.246. The van der Waals surface area contributed by atoms with Crippen molar-refractivity contribution >= 4 is 16.7 Å². The molecule has 5 nitrogen and oxygen atoms in total. The van der Waals surface area contributed by atoms with Gasteiger partial charge in [-0.25, -0.2) is 0 Å². The van der Waals surface area contributed by atoms with Crippen molar-refractivity contribution in [3.05, 3.63) is 30.0 Å². The minimum Gasteiger partial charge on any atom is -0.314 e. The lowest BCUT2D eigenvalue weighted by Crippen LogP contribution is -2.45. The zero-order chi connectivity index (χ0) is 13.9. The number of hydrogen-bond acceptors (Lipinski definition) is 4. The number of Topliss-reactive ketones (excluding diaryl/α,β-unsaturated/α-hetero) is 1. The van der Waals surface area contributed by atoms with E-state index >= 15 is 0 Å². The summed E-state index contributed by atoms with van der Waals surface area (Å²) < 4.78 is 1.85. The SMILES string of the molecule is Cn1nc(CC(=O)CN2CCNCC2)c2ccccc21. The summed E-state index contributed by atoms with van der Waals surface area (Å²) in [7, 11) is 1.92. The molecule has 0 bridgehead atoms. The van der Waals surface area contributed by atoms with E-state index in [1.54, 1.807) is 0 Å². The van der Waals surface area contributed by atoms with Crippen LogP contribution in [0.25, 0.3) is 10.9 Å². The van der Waals surface area contributed by atoms with Crippen LogP contribution in [0.1, 0.15) is 5.69 Å². The largest absolute Gasteiger partial charge is 0.314 e. The Morgan fingerprint density at radius 1 is 1.30 bits per heavy atom. The van der Waals surface area contributed by atoms with Gasteiger partial charge in [0, 0.05) is 38.6 Å². The third kappa shape index (κ3) is 2.73. The second kappa shape index (κ2) is 5.73. The molecule has 1 fully saturated rings. The maximum absolute atomic E-state index is 12.2. The van der Waals surface area contributed by atoms with Gasteiger partial charge in [0.2, 0.25) is 0 Å². The second-order valence-corrected chi connectivity index (χ2v) is 5.33. The molecular formula is C15H20N4O. The van der Waals surface area contributed by atoms with Crippen LogP contribution in [0.2, 0.25) is 0 Å². The van der Waals surface area contributed by atoms with E-state index in [-0.39, 0.29) is 5.78 Å². The number of fused-ring (bicyclic) bond motifs is 1. The first kappa shape index (κ1) is 13.3. The fraction of sp³-hybridized carbons (Fsp3) is 0.467. The Balaban J connectivity index is 1.71. The second-order valence-electron chi connectivity index (χ2n) is 5.33. The number of benzene rings is 1. The summed E-state index contributed by atoms with van der Waals surface area (Å²) in [6.07, 6.45) is 0.422. The maximum Gasteiger partial charge on any atom is 0.152 e. The number of aromatic nitrogens is 2. The van der Waals surface area contributed by atoms with Crippen LogP contribution in [-0.2, 0) is 18.3 Å². The Morgan fingerprint density at radius 2 is 2.05 bits per heavy atom. The molecule has 20 heavy (non-hydrogen) atoms. The van der Waals surface area contributed by atoms with Gasteiger partial charge in [-0.15, -0.1) is 0 Å². The minimum absolute atomic E-state index is 0.246. The lowest BCUT2D eigenvalue weighted by molar-refractivity contribution is -0.119. The van der Waals surface area contributed by atoms with Crippen LogP contribution in [0.4, 0.5) is 0 Å². The van der Waals surface area contributed by atoms with Gasteiger partial charge in [-0.05, 0) is 6.07 Å². The van der Waals surface area contributed by atoms with E-state index in [1.807, 2.05) is 36.0 Å². The summed E-state index contributed by atoms with van der Waals surface area (Å²) in [5, 5.41) is 8.87. The van der Waals surface area contributed by atoms with Crippen LogP contribution >= 0.6 is 0 Å². The van der Waals surface area contributed by atoms with Gasteiger partial charge in [-0.2, -0.15) is 5.10 Å². The van der Waals surface area contributed by atoms with Crippen molar-refractivity contribution in [3.63, 3.8) is 0 Å². The molecule has 5 heteroatoms. The highest BCUT2D eigenvalue weighted by atomic mass is 16.1.